The smallest absolute Gasteiger partial charge is 0.321 e. The molecule has 4 rings (SSSR count). The molecule has 2 fully saturated rings. The number of piperidine rings is 1. The van der Waals surface area contributed by atoms with E-state index >= 15 is 0 Å². The first-order valence-corrected chi connectivity index (χ1v) is 7.92. The predicted molar refractivity (Wildman–Crippen MR) is 84.6 cm³/mol. The molecule has 2 atom stereocenters. The molecule has 2 bridgehead atoms. The molecule has 2 aliphatic rings. The van der Waals surface area contributed by atoms with Crippen molar-refractivity contribution in [3.63, 3.8) is 0 Å². The second-order valence-electron chi connectivity index (χ2n) is 6.32. The monoisotopic (exact) mass is 296 g/mol. The molecule has 1 aromatic carbocycles. The van der Waals surface area contributed by atoms with E-state index in [1.807, 2.05) is 40.0 Å². The third-order valence-electron chi connectivity index (χ3n) is 4.75. The van der Waals surface area contributed by atoms with E-state index in [9.17, 15) is 4.79 Å². The van der Waals surface area contributed by atoms with Crippen LogP contribution in [0.15, 0.2) is 42.7 Å². The zero-order valence-corrected chi connectivity index (χ0v) is 12.5. The SMILES string of the molecule is O=C(Nc1cccc(Cn2cccn2)c1)N1CC2CCC1C2. The van der Waals surface area contributed by atoms with Gasteiger partial charge in [0.2, 0.25) is 0 Å². The van der Waals surface area contributed by atoms with Crippen LogP contribution in [0, 0.1) is 5.92 Å². The highest BCUT2D eigenvalue weighted by molar-refractivity contribution is 5.89. The summed E-state index contributed by atoms with van der Waals surface area (Å²) in [5.41, 5.74) is 1.99. The molecule has 2 unspecified atom stereocenters. The standard InChI is InChI=1S/C17H20N4O/c22-17(21-12-14-5-6-16(21)10-14)19-15-4-1-3-13(9-15)11-20-8-2-7-18-20/h1-4,7-9,14,16H,5-6,10-12H2,(H,19,22). The minimum absolute atomic E-state index is 0.0449. The van der Waals surface area contributed by atoms with Crippen LogP contribution in [0.3, 0.4) is 0 Å². The topological polar surface area (TPSA) is 50.2 Å². The van der Waals surface area contributed by atoms with E-state index in [0.717, 1.165) is 30.1 Å². The maximum absolute atomic E-state index is 12.4. The number of benzene rings is 1. The van der Waals surface area contributed by atoms with Crippen LogP contribution in [-0.2, 0) is 6.54 Å². The Balaban J connectivity index is 1.43. The lowest BCUT2D eigenvalue weighted by Gasteiger charge is -2.27. The van der Waals surface area contributed by atoms with Crippen LogP contribution in [-0.4, -0.2) is 33.3 Å². The van der Waals surface area contributed by atoms with Gasteiger partial charge in [-0.05, 0) is 48.9 Å². The van der Waals surface area contributed by atoms with Crippen molar-refractivity contribution >= 4 is 11.7 Å². The molecule has 2 heterocycles. The number of anilines is 1. The number of hydrogen-bond acceptors (Lipinski definition) is 2. The minimum Gasteiger partial charge on any atom is -0.321 e. The summed E-state index contributed by atoms with van der Waals surface area (Å²) < 4.78 is 1.88. The number of hydrogen-bond donors (Lipinski definition) is 1. The maximum atomic E-state index is 12.4. The van der Waals surface area contributed by atoms with Gasteiger partial charge < -0.3 is 10.2 Å². The van der Waals surface area contributed by atoms with Gasteiger partial charge >= 0.3 is 6.03 Å². The van der Waals surface area contributed by atoms with Gasteiger partial charge in [-0.2, -0.15) is 5.10 Å². The van der Waals surface area contributed by atoms with Crippen molar-refractivity contribution in [3.05, 3.63) is 48.3 Å². The number of urea groups is 1. The summed E-state index contributed by atoms with van der Waals surface area (Å²) in [6.45, 7) is 1.63. The minimum atomic E-state index is 0.0449. The summed E-state index contributed by atoms with van der Waals surface area (Å²) in [4.78, 5) is 14.4. The highest BCUT2D eigenvalue weighted by Crippen LogP contribution is 2.37. The molecule has 22 heavy (non-hydrogen) atoms. The van der Waals surface area contributed by atoms with Crippen molar-refractivity contribution in [1.82, 2.24) is 14.7 Å². The zero-order valence-electron chi connectivity index (χ0n) is 12.5. The van der Waals surface area contributed by atoms with Gasteiger partial charge in [0.05, 0.1) is 6.54 Å². The molecular formula is C17H20N4O. The Hall–Kier alpha value is -2.30. The van der Waals surface area contributed by atoms with Crippen molar-refractivity contribution in [2.75, 3.05) is 11.9 Å². The third kappa shape index (κ3) is 2.58. The van der Waals surface area contributed by atoms with Gasteiger partial charge in [-0.15, -0.1) is 0 Å². The first-order chi connectivity index (χ1) is 10.8. The molecule has 114 valence electrons. The summed E-state index contributed by atoms with van der Waals surface area (Å²) in [5, 5.41) is 7.26. The normalized spacial score (nSPS) is 23.0. The number of aromatic nitrogens is 2. The van der Waals surface area contributed by atoms with Crippen LogP contribution in [0.1, 0.15) is 24.8 Å². The first kappa shape index (κ1) is 13.4. The molecule has 1 saturated carbocycles. The van der Waals surface area contributed by atoms with E-state index < -0.39 is 0 Å². The average Bonchev–Trinajstić information content (AvgIpc) is 3.25. The van der Waals surface area contributed by atoms with Crippen LogP contribution in [0.2, 0.25) is 0 Å². The molecule has 5 heteroatoms. The number of amides is 2. The molecule has 0 spiro atoms. The predicted octanol–water partition coefficient (Wildman–Crippen LogP) is 2.95. The Kier molecular flexibility index (Phi) is 3.33. The fraction of sp³-hybridized carbons (Fsp3) is 0.412. The zero-order chi connectivity index (χ0) is 14.9. The molecule has 1 aliphatic heterocycles. The van der Waals surface area contributed by atoms with Gasteiger partial charge in [0.25, 0.3) is 0 Å². The fourth-order valence-electron chi connectivity index (χ4n) is 3.70. The van der Waals surface area contributed by atoms with E-state index in [4.69, 9.17) is 0 Å². The lowest BCUT2D eigenvalue weighted by atomic mass is 10.1. The molecule has 1 N–H and O–H groups in total. The Morgan fingerprint density at radius 2 is 2.27 bits per heavy atom. The van der Waals surface area contributed by atoms with E-state index in [1.165, 1.54) is 12.8 Å². The van der Waals surface area contributed by atoms with Gasteiger partial charge in [-0.3, -0.25) is 4.68 Å². The van der Waals surface area contributed by atoms with Crippen LogP contribution in [0.25, 0.3) is 0 Å². The van der Waals surface area contributed by atoms with Crippen LogP contribution >= 0.6 is 0 Å². The van der Waals surface area contributed by atoms with Crippen LogP contribution in [0.5, 0.6) is 0 Å². The van der Waals surface area contributed by atoms with Crippen molar-refractivity contribution in [2.24, 2.45) is 5.92 Å². The number of nitrogens with one attached hydrogen (secondary N) is 1. The quantitative estimate of drug-likeness (QED) is 0.946. The molecule has 1 aromatic heterocycles. The summed E-state index contributed by atoms with van der Waals surface area (Å²) in [7, 11) is 0. The molecular weight excluding hydrogens is 276 g/mol. The highest BCUT2D eigenvalue weighted by Gasteiger charge is 2.40. The van der Waals surface area contributed by atoms with Crippen molar-refractivity contribution in [3.8, 4) is 0 Å². The molecule has 1 saturated heterocycles. The Morgan fingerprint density at radius 1 is 1.32 bits per heavy atom. The van der Waals surface area contributed by atoms with Gasteiger partial charge in [-0.1, -0.05) is 12.1 Å². The van der Waals surface area contributed by atoms with Crippen molar-refractivity contribution in [1.29, 1.82) is 0 Å². The highest BCUT2D eigenvalue weighted by atomic mass is 16.2. The van der Waals surface area contributed by atoms with Crippen LogP contribution < -0.4 is 5.32 Å². The Morgan fingerprint density at radius 3 is 3.00 bits per heavy atom. The van der Waals surface area contributed by atoms with Crippen molar-refractivity contribution in [2.45, 2.75) is 31.8 Å². The largest absolute Gasteiger partial charge is 0.322 e. The summed E-state index contributed by atoms with van der Waals surface area (Å²) >= 11 is 0. The Labute approximate surface area is 129 Å². The number of rotatable bonds is 3. The second-order valence-corrected chi connectivity index (χ2v) is 6.32. The lowest BCUT2D eigenvalue weighted by Crippen LogP contribution is -2.40. The average molecular weight is 296 g/mol. The summed E-state index contributed by atoms with van der Waals surface area (Å²) in [5.74, 6) is 0.724. The molecule has 2 aromatic rings. The summed E-state index contributed by atoms with van der Waals surface area (Å²) in [6.07, 6.45) is 7.35. The number of fused-ring (bicyclic) bond motifs is 2. The number of carbonyl (C=O) groups is 1. The maximum Gasteiger partial charge on any atom is 0.322 e. The summed E-state index contributed by atoms with van der Waals surface area (Å²) in [6, 6.07) is 10.4. The third-order valence-corrected chi connectivity index (χ3v) is 4.75. The van der Waals surface area contributed by atoms with E-state index in [-0.39, 0.29) is 6.03 Å². The van der Waals surface area contributed by atoms with E-state index in [1.54, 1.807) is 6.20 Å². The van der Waals surface area contributed by atoms with Gasteiger partial charge in [0.1, 0.15) is 0 Å². The number of carbonyl (C=O) groups excluding carboxylic acids is 1. The van der Waals surface area contributed by atoms with Crippen LogP contribution in [0.4, 0.5) is 10.5 Å². The molecule has 1 aliphatic carbocycles. The number of nitrogens with zero attached hydrogens (tertiary/aromatic N) is 3. The van der Waals surface area contributed by atoms with Gasteiger partial charge in [0.15, 0.2) is 0 Å². The van der Waals surface area contributed by atoms with Gasteiger partial charge in [-0.25, -0.2) is 4.79 Å². The lowest BCUT2D eigenvalue weighted by molar-refractivity contribution is 0.194. The fourth-order valence-corrected chi connectivity index (χ4v) is 3.70. The van der Waals surface area contributed by atoms with E-state index in [0.29, 0.717) is 12.6 Å². The molecule has 0 radical (unpaired) electrons. The van der Waals surface area contributed by atoms with Crippen molar-refractivity contribution < 1.29 is 4.79 Å². The van der Waals surface area contributed by atoms with Gasteiger partial charge in [0, 0.05) is 30.7 Å². The second kappa shape index (κ2) is 5.48. The first-order valence-electron chi connectivity index (χ1n) is 7.92. The Bertz CT molecular complexity index is 667. The van der Waals surface area contributed by atoms with E-state index in [2.05, 4.69) is 16.5 Å². The molecule has 2 amide bonds. The molecule has 5 nitrogen and oxygen atoms in total. The number of likely N-dealkylation sites (tertiary alicyclic amines) is 1.